The van der Waals surface area contributed by atoms with Gasteiger partial charge in [0.1, 0.15) is 17.1 Å². The predicted molar refractivity (Wildman–Crippen MR) is 95.1 cm³/mol. The Morgan fingerprint density at radius 1 is 1.16 bits per heavy atom. The number of anilines is 1. The van der Waals surface area contributed by atoms with Gasteiger partial charge in [-0.2, -0.15) is 0 Å². The van der Waals surface area contributed by atoms with Crippen LogP contribution in [0.1, 0.15) is 23.0 Å². The Morgan fingerprint density at radius 3 is 2.64 bits per heavy atom. The molecule has 0 atom stereocenters. The van der Waals surface area contributed by atoms with Crippen molar-refractivity contribution in [3.05, 3.63) is 47.9 Å². The van der Waals surface area contributed by atoms with Gasteiger partial charge in [0, 0.05) is 26.2 Å². The fourth-order valence-electron chi connectivity index (χ4n) is 3.09. The van der Waals surface area contributed by atoms with E-state index in [2.05, 4.69) is 15.9 Å². The molecule has 0 bridgehead atoms. The van der Waals surface area contributed by atoms with Crippen LogP contribution >= 0.6 is 0 Å². The van der Waals surface area contributed by atoms with Gasteiger partial charge in [0.2, 0.25) is 0 Å². The van der Waals surface area contributed by atoms with Crippen molar-refractivity contribution >= 4 is 11.7 Å². The number of piperazine rings is 1. The molecule has 25 heavy (non-hydrogen) atoms. The zero-order chi connectivity index (χ0) is 17.6. The molecule has 0 aliphatic carbocycles. The summed E-state index contributed by atoms with van der Waals surface area (Å²) in [4.78, 5) is 16.6. The monoisotopic (exact) mass is 344 g/mol. The van der Waals surface area contributed by atoms with E-state index < -0.39 is 0 Å². The van der Waals surface area contributed by atoms with Gasteiger partial charge in [-0.3, -0.25) is 4.90 Å². The molecule has 134 valence electrons. The number of benzene rings is 1. The van der Waals surface area contributed by atoms with Gasteiger partial charge in [0.15, 0.2) is 0 Å². The van der Waals surface area contributed by atoms with E-state index in [0.717, 1.165) is 37.6 Å². The number of hydrogen-bond acceptors (Lipinski definition) is 6. The fraction of sp³-hybridized carbons (Fsp3) is 0.421. The third-order valence-electron chi connectivity index (χ3n) is 4.41. The van der Waals surface area contributed by atoms with Crippen LogP contribution < -0.4 is 9.64 Å². The van der Waals surface area contributed by atoms with E-state index in [1.54, 1.807) is 26.4 Å². The molecule has 2 heterocycles. The van der Waals surface area contributed by atoms with Crippen molar-refractivity contribution < 1.29 is 18.7 Å². The second kappa shape index (κ2) is 8.07. The minimum absolute atomic E-state index is 0.320. The molecule has 1 aromatic carbocycles. The van der Waals surface area contributed by atoms with Crippen molar-refractivity contribution in [2.24, 2.45) is 0 Å². The Morgan fingerprint density at radius 2 is 1.92 bits per heavy atom. The molecule has 0 amide bonds. The van der Waals surface area contributed by atoms with Crippen LogP contribution in [0.3, 0.4) is 0 Å². The van der Waals surface area contributed by atoms with Crippen molar-refractivity contribution in [3.63, 3.8) is 0 Å². The van der Waals surface area contributed by atoms with Gasteiger partial charge in [-0.05, 0) is 25.1 Å². The smallest absolute Gasteiger partial charge is 0.341 e. The maximum absolute atomic E-state index is 12.0. The van der Waals surface area contributed by atoms with E-state index >= 15 is 0 Å². The first-order chi connectivity index (χ1) is 12.2. The van der Waals surface area contributed by atoms with Crippen LogP contribution in [0.15, 0.2) is 41.0 Å². The number of para-hydroxylation sites is 2. The van der Waals surface area contributed by atoms with E-state index in [1.165, 1.54) is 0 Å². The third-order valence-corrected chi connectivity index (χ3v) is 4.41. The molecule has 1 aliphatic rings. The second-order valence-electron chi connectivity index (χ2n) is 5.91. The molecular formula is C19H24N2O4. The van der Waals surface area contributed by atoms with Crippen LogP contribution in [-0.2, 0) is 11.3 Å². The first-order valence-corrected chi connectivity index (χ1v) is 8.56. The molecule has 2 aromatic rings. The molecule has 0 radical (unpaired) electrons. The number of carbonyl (C=O) groups is 1. The average Bonchev–Trinajstić information content (AvgIpc) is 3.11. The van der Waals surface area contributed by atoms with E-state index in [-0.39, 0.29) is 5.97 Å². The van der Waals surface area contributed by atoms with Gasteiger partial charge in [-0.15, -0.1) is 0 Å². The molecule has 6 nitrogen and oxygen atoms in total. The standard InChI is InChI=1S/C19H24N2O4/c1-3-24-19(22)15-8-13-25-18(15)14-20-9-11-21(12-10-20)16-6-4-5-7-17(16)23-2/h4-8,13H,3,9-12,14H2,1-2H3. The summed E-state index contributed by atoms with van der Waals surface area (Å²) in [7, 11) is 1.70. The highest BCUT2D eigenvalue weighted by atomic mass is 16.5. The van der Waals surface area contributed by atoms with Gasteiger partial charge >= 0.3 is 5.97 Å². The van der Waals surface area contributed by atoms with E-state index in [0.29, 0.717) is 24.5 Å². The first-order valence-electron chi connectivity index (χ1n) is 8.56. The zero-order valence-corrected chi connectivity index (χ0v) is 14.7. The minimum Gasteiger partial charge on any atom is -0.495 e. The van der Waals surface area contributed by atoms with Crippen molar-refractivity contribution in [2.45, 2.75) is 13.5 Å². The molecule has 0 saturated carbocycles. The number of hydrogen-bond donors (Lipinski definition) is 0. The third kappa shape index (κ3) is 3.96. The summed E-state index contributed by atoms with van der Waals surface area (Å²) < 4.78 is 16.0. The lowest BCUT2D eigenvalue weighted by Gasteiger charge is -2.36. The van der Waals surface area contributed by atoms with Crippen LogP contribution in [0.4, 0.5) is 5.69 Å². The van der Waals surface area contributed by atoms with Gasteiger partial charge in [-0.25, -0.2) is 4.79 Å². The molecule has 3 rings (SSSR count). The van der Waals surface area contributed by atoms with Crippen molar-refractivity contribution in [1.29, 1.82) is 0 Å². The Balaban J connectivity index is 1.60. The lowest BCUT2D eigenvalue weighted by atomic mass is 10.2. The summed E-state index contributed by atoms with van der Waals surface area (Å²) in [5.74, 6) is 1.25. The summed E-state index contributed by atoms with van der Waals surface area (Å²) in [6.45, 7) is 6.35. The van der Waals surface area contributed by atoms with E-state index in [9.17, 15) is 4.79 Å². The van der Waals surface area contributed by atoms with E-state index in [1.807, 2.05) is 18.2 Å². The quantitative estimate of drug-likeness (QED) is 0.751. The number of rotatable bonds is 6. The number of furan rings is 1. The number of nitrogens with zero attached hydrogens (tertiary/aromatic N) is 2. The molecule has 1 aliphatic heterocycles. The second-order valence-corrected chi connectivity index (χ2v) is 5.91. The van der Waals surface area contributed by atoms with Crippen LogP contribution in [0.5, 0.6) is 5.75 Å². The minimum atomic E-state index is -0.320. The fourth-order valence-corrected chi connectivity index (χ4v) is 3.09. The van der Waals surface area contributed by atoms with Crippen molar-refractivity contribution in [3.8, 4) is 5.75 Å². The first kappa shape index (κ1) is 17.4. The topological polar surface area (TPSA) is 55.2 Å². The predicted octanol–water partition coefficient (Wildman–Crippen LogP) is 2.79. The highest BCUT2D eigenvalue weighted by Gasteiger charge is 2.23. The summed E-state index contributed by atoms with van der Waals surface area (Å²) in [6.07, 6.45) is 1.55. The SMILES string of the molecule is CCOC(=O)c1ccoc1CN1CCN(c2ccccc2OC)CC1. The number of ether oxygens (including phenoxy) is 2. The Bertz CT molecular complexity index is 705. The Kier molecular flexibility index (Phi) is 5.60. The normalized spacial score (nSPS) is 15.2. The summed E-state index contributed by atoms with van der Waals surface area (Å²) in [5.41, 5.74) is 1.64. The molecule has 0 unspecified atom stereocenters. The highest BCUT2D eigenvalue weighted by Crippen LogP contribution is 2.28. The maximum atomic E-state index is 12.0. The molecule has 0 N–H and O–H groups in total. The summed E-state index contributed by atoms with van der Waals surface area (Å²) >= 11 is 0. The number of carbonyl (C=O) groups excluding carboxylic acids is 1. The van der Waals surface area contributed by atoms with Crippen LogP contribution in [0.25, 0.3) is 0 Å². The summed E-state index contributed by atoms with van der Waals surface area (Å²) in [5, 5.41) is 0. The molecule has 1 fully saturated rings. The van der Waals surface area contributed by atoms with Gasteiger partial charge in [0.25, 0.3) is 0 Å². The summed E-state index contributed by atoms with van der Waals surface area (Å²) in [6, 6.07) is 9.75. The molecule has 1 aromatic heterocycles. The molecule has 6 heteroatoms. The van der Waals surface area contributed by atoms with Crippen molar-refractivity contribution in [1.82, 2.24) is 4.90 Å². The van der Waals surface area contributed by atoms with Gasteiger partial charge in [0.05, 0.1) is 32.2 Å². The van der Waals surface area contributed by atoms with Gasteiger partial charge in [-0.1, -0.05) is 12.1 Å². The van der Waals surface area contributed by atoms with Crippen LogP contribution in [0, 0.1) is 0 Å². The lowest BCUT2D eigenvalue weighted by molar-refractivity contribution is 0.0522. The zero-order valence-electron chi connectivity index (χ0n) is 14.7. The largest absolute Gasteiger partial charge is 0.495 e. The molecular weight excluding hydrogens is 320 g/mol. The molecule has 0 spiro atoms. The number of esters is 1. The van der Waals surface area contributed by atoms with Crippen LogP contribution in [0.2, 0.25) is 0 Å². The average molecular weight is 344 g/mol. The Labute approximate surface area is 147 Å². The van der Waals surface area contributed by atoms with Gasteiger partial charge < -0.3 is 18.8 Å². The lowest BCUT2D eigenvalue weighted by Crippen LogP contribution is -2.46. The highest BCUT2D eigenvalue weighted by molar-refractivity contribution is 5.90. The number of methoxy groups -OCH3 is 1. The van der Waals surface area contributed by atoms with Crippen molar-refractivity contribution in [2.75, 3.05) is 44.8 Å². The van der Waals surface area contributed by atoms with Crippen LogP contribution in [-0.4, -0.2) is 50.8 Å². The maximum Gasteiger partial charge on any atom is 0.341 e. The van der Waals surface area contributed by atoms with E-state index in [4.69, 9.17) is 13.9 Å². The Hall–Kier alpha value is -2.47. The molecule has 1 saturated heterocycles.